The second-order valence-electron chi connectivity index (χ2n) is 6.77. The average Bonchev–Trinajstić information content (AvgIpc) is 2.73. The first-order valence-electron chi connectivity index (χ1n) is 9.15. The number of carbonyl (C=O) groups is 1. The minimum atomic E-state index is -4.47. The van der Waals surface area contributed by atoms with E-state index in [4.69, 9.17) is 10.9 Å². The van der Waals surface area contributed by atoms with Crippen LogP contribution in [0.4, 0.5) is 19.1 Å². The van der Waals surface area contributed by atoms with Crippen LogP contribution in [0.3, 0.4) is 0 Å². The predicted octanol–water partition coefficient (Wildman–Crippen LogP) is 2.56. The zero-order valence-electron chi connectivity index (χ0n) is 16.4. The van der Waals surface area contributed by atoms with E-state index in [-0.39, 0.29) is 22.2 Å². The van der Waals surface area contributed by atoms with E-state index >= 15 is 0 Å². The standard InChI is InChI=1S/C20H18F3N5O3S/c21-20(22,23)14-5-3-13(4-6-14)16-11-17(18(24)29)28-19(27-16)26-10-9-12-1-7-15(8-2-12)32(25,30)31/h1-8,11H,9-10H2,(H2,24,29)(H2,25,30,31)(H,26,27,28). The Hall–Kier alpha value is -3.51. The fourth-order valence-corrected chi connectivity index (χ4v) is 3.31. The van der Waals surface area contributed by atoms with Gasteiger partial charge in [0.1, 0.15) is 5.69 Å². The van der Waals surface area contributed by atoms with E-state index < -0.39 is 27.7 Å². The highest BCUT2D eigenvalue weighted by Crippen LogP contribution is 2.30. The van der Waals surface area contributed by atoms with Gasteiger partial charge in [-0.1, -0.05) is 24.3 Å². The molecule has 3 rings (SSSR count). The first-order chi connectivity index (χ1) is 14.9. The van der Waals surface area contributed by atoms with Gasteiger partial charge in [0.2, 0.25) is 16.0 Å². The molecule has 0 bridgehead atoms. The van der Waals surface area contributed by atoms with Gasteiger partial charge in [-0.25, -0.2) is 23.5 Å². The van der Waals surface area contributed by atoms with Gasteiger partial charge in [0.15, 0.2) is 0 Å². The normalized spacial score (nSPS) is 11.9. The third kappa shape index (κ3) is 5.80. The Morgan fingerprint density at radius 3 is 2.16 bits per heavy atom. The predicted molar refractivity (Wildman–Crippen MR) is 111 cm³/mol. The molecule has 1 aromatic heterocycles. The van der Waals surface area contributed by atoms with Crippen LogP contribution in [-0.2, 0) is 22.6 Å². The summed E-state index contributed by atoms with van der Waals surface area (Å²) in [4.78, 5) is 19.9. The molecule has 32 heavy (non-hydrogen) atoms. The number of halogens is 3. The quantitative estimate of drug-likeness (QED) is 0.490. The number of primary amides is 1. The van der Waals surface area contributed by atoms with E-state index in [1.807, 2.05) is 0 Å². The lowest BCUT2D eigenvalue weighted by Gasteiger charge is -2.10. The molecule has 8 nitrogen and oxygen atoms in total. The van der Waals surface area contributed by atoms with Gasteiger partial charge in [-0.15, -0.1) is 0 Å². The molecule has 168 valence electrons. The molecule has 0 unspecified atom stereocenters. The van der Waals surface area contributed by atoms with Crippen LogP contribution in [0.1, 0.15) is 21.6 Å². The van der Waals surface area contributed by atoms with Crippen LogP contribution in [0, 0.1) is 0 Å². The minimum absolute atomic E-state index is 0.00659. The highest BCUT2D eigenvalue weighted by molar-refractivity contribution is 7.89. The molecule has 0 aliphatic heterocycles. The topological polar surface area (TPSA) is 141 Å². The van der Waals surface area contributed by atoms with Crippen molar-refractivity contribution in [2.24, 2.45) is 10.9 Å². The number of benzene rings is 2. The lowest BCUT2D eigenvalue weighted by atomic mass is 10.1. The average molecular weight is 465 g/mol. The third-order valence-corrected chi connectivity index (χ3v) is 5.36. The number of nitrogens with two attached hydrogens (primary N) is 2. The number of anilines is 1. The third-order valence-electron chi connectivity index (χ3n) is 4.44. The number of aromatic nitrogens is 2. The van der Waals surface area contributed by atoms with Gasteiger partial charge in [0.25, 0.3) is 5.91 Å². The molecule has 0 saturated carbocycles. The Bertz CT molecular complexity index is 1230. The Labute approximate surface area is 181 Å². The summed E-state index contributed by atoms with van der Waals surface area (Å²) in [7, 11) is -3.78. The van der Waals surface area contributed by atoms with Gasteiger partial charge in [0.05, 0.1) is 16.2 Å². The van der Waals surface area contributed by atoms with Gasteiger partial charge in [-0.3, -0.25) is 4.79 Å². The van der Waals surface area contributed by atoms with Crippen molar-refractivity contribution in [1.82, 2.24) is 9.97 Å². The Morgan fingerprint density at radius 2 is 1.62 bits per heavy atom. The van der Waals surface area contributed by atoms with E-state index in [0.717, 1.165) is 17.7 Å². The maximum absolute atomic E-state index is 12.8. The summed E-state index contributed by atoms with van der Waals surface area (Å²) in [5.74, 6) is -0.750. The molecule has 12 heteroatoms. The summed E-state index contributed by atoms with van der Waals surface area (Å²) in [6.45, 7) is 0.323. The van der Waals surface area contributed by atoms with Crippen molar-refractivity contribution < 1.29 is 26.4 Å². The molecule has 0 aliphatic carbocycles. The molecular weight excluding hydrogens is 447 g/mol. The maximum atomic E-state index is 12.8. The zero-order valence-corrected chi connectivity index (χ0v) is 17.2. The largest absolute Gasteiger partial charge is 0.416 e. The summed E-state index contributed by atoms with van der Waals surface area (Å²) in [6.07, 6.45) is -4.01. The molecule has 0 aliphatic rings. The van der Waals surface area contributed by atoms with Crippen LogP contribution in [0.5, 0.6) is 0 Å². The van der Waals surface area contributed by atoms with Gasteiger partial charge >= 0.3 is 6.18 Å². The second-order valence-corrected chi connectivity index (χ2v) is 8.33. The summed E-state index contributed by atoms with van der Waals surface area (Å²) >= 11 is 0. The minimum Gasteiger partial charge on any atom is -0.364 e. The van der Waals surface area contributed by atoms with Crippen LogP contribution in [0.25, 0.3) is 11.3 Å². The number of hydrogen-bond acceptors (Lipinski definition) is 6. The first-order valence-corrected chi connectivity index (χ1v) is 10.7. The van der Waals surface area contributed by atoms with Crippen LogP contribution in [0.15, 0.2) is 59.5 Å². The molecule has 0 radical (unpaired) electrons. The van der Waals surface area contributed by atoms with E-state index in [9.17, 15) is 26.4 Å². The number of nitrogens with one attached hydrogen (secondary N) is 1. The number of nitrogens with zero attached hydrogens (tertiary/aromatic N) is 2. The number of primary sulfonamides is 1. The molecule has 2 aromatic carbocycles. The van der Waals surface area contributed by atoms with Gasteiger partial charge in [-0.2, -0.15) is 13.2 Å². The fourth-order valence-electron chi connectivity index (χ4n) is 2.79. The van der Waals surface area contributed by atoms with Crippen molar-refractivity contribution in [3.8, 4) is 11.3 Å². The summed E-state index contributed by atoms with van der Waals surface area (Å²) in [5, 5.41) is 7.99. The van der Waals surface area contributed by atoms with Gasteiger partial charge < -0.3 is 11.1 Å². The van der Waals surface area contributed by atoms with Crippen LogP contribution in [-0.4, -0.2) is 30.8 Å². The SMILES string of the molecule is NC(=O)c1cc(-c2ccc(C(F)(F)F)cc2)nc(NCCc2ccc(S(N)(=O)=O)cc2)n1. The van der Waals surface area contributed by atoms with Gasteiger partial charge in [0, 0.05) is 12.1 Å². The fraction of sp³-hybridized carbons (Fsp3) is 0.150. The zero-order chi connectivity index (χ0) is 23.5. The summed E-state index contributed by atoms with van der Waals surface area (Å²) in [5.41, 5.74) is 5.79. The molecule has 1 amide bonds. The first kappa shape index (κ1) is 23.2. The van der Waals surface area contributed by atoms with E-state index in [0.29, 0.717) is 18.5 Å². The number of carbonyl (C=O) groups excluding carboxylic acids is 1. The van der Waals surface area contributed by atoms with Crippen molar-refractivity contribution in [2.75, 3.05) is 11.9 Å². The monoisotopic (exact) mass is 465 g/mol. The molecule has 0 spiro atoms. The lowest BCUT2D eigenvalue weighted by molar-refractivity contribution is -0.137. The molecule has 1 heterocycles. The molecule has 3 aromatic rings. The molecule has 0 saturated heterocycles. The van der Waals surface area contributed by atoms with E-state index in [1.54, 1.807) is 12.1 Å². The molecule has 0 fully saturated rings. The molecule has 0 atom stereocenters. The van der Waals surface area contributed by atoms with Crippen LogP contribution < -0.4 is 16.2 Å². The highest BCUT2D eigenvalue weighted by Gasteiger charge is 2.30. The van der Waals surface area contributed by atoms with Crippen LogP contribution >= 0.6 is 0 Å². The van der Waals surface area contributed by atoms with E-state index in [2.05, 4.69) is 15.3 Å². The van der Waals surface area contributed by atoms with Crippen molar-refractivity contribution >= 4 is 21.9 Å². The van der Waals surface area contributed by atoms with Crippen LogP contribution in [0.2, 0.25) is 0 Å². The van der Waals surface area contributed by atoms with Crippen molar-refractivity contribution in [3.63, 3.8) is 0 Å². The Kier molecular flexibility index (Phi) is 6.46. The van der Waals surface area contributed by atoms with Crippen molar-refractivity contribution in [1.29, 1.82) is 0 Å². The van der Waals surface area contributed by atoms with E-state index in [1.165, 1.54) is 30.3 Å². The number of amides is 1. The smallest absolute Gasteiger partial charge is 0.364 e. The molecule has 5 N–H and O–H groups in total. The second kappa shape index (κ2) is 8.93. The Balaban J connectivity index is 1.77. The maximum Gasteiger partial charge on any atom is 0.416 e. The van der Waals surface area contributed by atoms with Crippen molar-refractivity contribution in [2.45, 2.75) is 17.5 Å². The summed E-state index contributed by atoms with van der Waals surface area (Å²) < 4.78 is 61.0. The number of sulfonamides is 1. The number of rotatable bonds is 7. The number of alkyl halides is 3. The molecular formula is C20H18F3N5O3S. The van der Waals surface area contributed by atoms with Gasteiger partial charge in [-0.05, 0) is 42.3 Å². The lowest BCUT2D eigenvalue weighted by Crippen LogP contribution is -2.16. The number of hydrogen-bond donors (Lipinski definition) is 3. The van der Waals surface area contributed by atoms with Crippen molar-refractivity contribution in [3.05, 3.63) is 71.4 Å². The summed E-state index contributed by atoms with van der Waals surface area (Å²) in [6, 6.07) is 11.6. The Morgan fingerprint density at radius 1 is 1.00 bits per heavy atom. The highest BCUT2D eigenvalue weighted by atomic mass is 32.2.